The van der Waals surface area contributed by atoms with Gasteiger partial charge in [0.15, 0.2) is 0 Å². The molecule has 2 rings (SSSR count). The lowest BCUT2D eigenvalue weighted by Gasteiger charge is -2.36. The number of hydrogen-bond donors (Lipinski definition) is 0. The van der Waals surface area contributed by atoms with Crippen LogP contribution in [0.2, 0.25) is 0 Å². The molecule has 0 aromatic heterocycles. The molecule has 1 saturated heterocycles. The predicted octanol–water partition coefficient (Wildman–Crippen LogP) is 2.22. The molecule has 18 heavy (non-hydrogen) atoms. The van der Waals surface area contributed by atoms with E-state index in [1.807, 2.05) is 30.3 Å². The van der Waals surface area contributed by atoms with Crippen LogP contribution in [0.1, 0.15) is 5.56 Å². The van der Waals surface area contributed by atoms with Gasteiger partial charge in [0.05, 0.1) is 11.2 Å². The third-order valence-corrected chi connectivity index (χ3v) is 3.48. The van der Waals surface area contributed by atoms with Gasteiger partial charge in [-0.25, -0.2) is 4.79 Å². The SMILES string of the molecule is O=C(CBr)C1CN(C(=O)OCc2ccccc2)C1. The quantitative estimate of drug-likeness (QED) is 0.801. The highest BCUT2D eigenvalue weighted by atomic mass is 79.9. The van der Waals surface area contributed by atoms with Crippen molar-refractivity contribution in [1.29, 1.82) is 0 Å². The Morgan fingerprint density at radius 1 is 1.28 bits per heavy atom. The monoisotopic (exact) mass is 311 g/mol. The van der Waals surface area contributed by atoms with Gasteiger partial charge in [-0.3, -0.25) is 4.79 Å². The number of carbonyl (C=O) groups is 2. The molecule has 1 aromatic carbocycles. The number of amides is 1. The first-order chi connectivity index (χ1) is 8.70. The lowest BCUT2D eigenvalue weighted by molar-refractivity contribution is -0.124. The van der Waals surface area contributed by atoms with Gasteiger partial charge < -0.3 is 9.64 Å². The van der Waals surface area contributed by atoms with Crippen LogP contribution in [0.4, 0.5) is 4.79 Å². The summed E-state index contributed by atoms with van der Waals surface area (Å²) in [6.45, 7) is 1.21. The zero-order chi connectivity index (χ0) is 13.0. The van der Waals surface area contributed by atoms with Gasteiger partial charge in [-0.15, -0.1) is 0 Å². The average Bonchev–Trinajstić information content (AvgIpc) is 2.35. The summed E-state index contributed by atoms with van der Waals surface area (Å²) in [5, 5.41) is 0.352. The summed E-state index contributed by atoms with van der Waals surface area (Å²) in [5.41, 5.74) is 0.958. The summed E-state index contributed by atoms with van der Waals surface area (Å²) < 4.78 is 5.16. The predicted molar refractivity (Wildman–Crippen MR) is 70.5 cm³/mol. The second-order valence-corrected chi connectivity index (χ2v) is 4.80. The van der Waals surface area contributed by atoms with Gasteiger partial charge in [0.2, 0.25) is 0 Å². The fourth-order valence-electron chi connectivity index (χ4n) is 1.75. The van der Waals surface area contributed by atoms with E-state index in [0.717, 1.165) is 5.56 Å². The van der Waals surface area contributed by atoms with Crippen molar-refractivity contribution < 1.29 is 14.3 Å². The fourth-order valence-corrected chi connectivity index (χ4v) is 2.21. The molecule has 0 atom stereocenters. The molecule has 0 N–H and O–H groups in total. The van der Waals surface area contributed by atoms with E-state index in [4.69, 9.17) is 4.74 Å². The lowest BCUT2D eigenvalue weighted by atomic mass is 9.97. The van der Waals surface area contributed by atoms with Crippen molar-refractivity contribution in [2.24, 2.45) is 5.92 Å². The first kappa shape index (κ1) is 13.1. The molecule has 0 saturated carbocycles. The van der Waals surface area contributed by atoms with Gasteiger partial charge >= 0.3 is 6.09 Å². The van der Waals surface area contributed by atoms with Crippen LogP contribution in [-0.4, -0.2) is 35.2 Å². The Morgan fingerprint density at radius 3 is 2.56 bits per heavy atom. The third-order valence-electron chi connectivity index (χ3n) is 2.93. The summed E-state index contributed by atoms with van der Waals surface area (Å²) in [7, 11) is 0. The molecule has 0 aliphatic carbocycles. The molecular formula is C13H14BrNO3. The minimum atomic E-state index is -0.350. The van der Waals surface area contributed by atoms with Crippen molar-refractivity contribution in [3.8, 4) is 0 Å². The Balaban J connectivity index is 1.73. The van der Waals surface area contributed by atoms with Crippen LogP contribution < -0.4 is 0 Å². The molecule has 0 spiro atoms. The topological polar surface area (TPSA) is 46.6 Å². The molecular weight excluding hydrogens is 298 g/mol. The van der Waals surface area contributed by atoms with Gasteiger partial charge in [-0.05, 0) is 5.56 Å². The van der Waals surface area contributed by atoms with E-state index in [9.17, 15) is 9.59 Å². The summed E-state index contributed by atoms with van der Waals surface area (Å²) in [6.07, 6.45) is -0.350. The Morgan fingerprint density at radius 2 is 1.94 bits per heavy atom. The van der Waals surface area contributed by atoms with Crippen LogP contribution in [0.15, 0.2) is 30.3 Å². The van der Waals surface area contributed by atoms with Crippen molar-refractivity contribution in [2.45, 2.75) is 6.61 Å². The molecule has 0 bridgehead atoms. The van der Waals surface area contributed by atoms with E-state index in [2.05, 4.69) is 15.9 Å². The van der Waals surface area contributed by atoms with Crippen LogP contribution in [-0.2, 0) is 16.1 Å². The van der Waals surface area contributed by atoms with Crippen LogP contribution in [0.25, 0.3) is 0 Å². The number of ketones is 1. The number of ether oxygens (including phenoxy) is 1. The van der Waals surface area contributed by atoms with E-state index in [0.29, 0.717) is 18.4 Å². The van der Waals surface area contributed by atoms with Gasteiger partial charge in [0.1, 0.15) is 12.4 Å². The van der Waals surface area contributed by atoms with Crippen LogP contribution in [0.3, 0.4) is 0 Å². The number of likely N-dealkylation sites (tertiary alicyclic amines) is 1. The maximum absolute atomic E-state index is 11.6. The van der Waals surface area contributed by atoms with Crippen LogP contribution in [0, 0.1) is 5.92 Å². The first-order valence-electron chi connectivity index (χ1n) is 5.75. The fraction of sp³-hybridized carbons (Fsp3) is 0.385. The molecule has 1 aliphatic rings. The summed E-state index contributed by atoms with van der Waals surface area (Å²) >= 11 is 3.12. The van der Waals surface area contributed by atoms with E-state index in [-0.39, 0.29) is 24.4 Å². The van der Waals surface area contributed by atoms with Crippen LogP contribution in [0.5, 0.6) is 0 Å². The van der Waals surface area contributed by atoms with E-state index in [1.54, 1.807) is 4.90 Å². The molecule has 5 heteroatoms. The van der Waals surface area contributed by atoms with Crippen molar-refractivity contribution in [3.05, 3.63) is 35.9 Å². The van der Waals surface area contributed by atoms with Crippen molar-refractivity contribution in [2.75, 3.05) is 18.4 Å². The van der Waals surface area contributed by atoms with E-state index < -0.39 is 0 Å². The largest absolute Gasteiger partial charge is 0.445 e. The molecule has 1 aliphatic heterocycles. The van der Waals surface area contributed by atoms with Crippen molar-refractivity contribution in [1.82, 2.24) is 4.90 Å². The molecule has 0 radical (unpaired) electrons. The van der Waals surface area contributed by atoms with Gasteiger partial charge in [-0.1, -0.05) is 46.3 Å². The van der Waals surface area contributed by atoms with Crippen LogP contribution >= 0.6 is 15.9 Å². The number of benzene rings is 1. The number of hydrogen-bond acceptors (Lipinski definition) is 3. The minimum absolute atomic E-state index is 0.0337. The molecule has 0 unspecified atom stereocenters. The smallest absolute Gasteiger partial charge is 0.410 e. The highest BCUT2D eigenvalue weighted by molar-refractivity contribution is 9.09. The summed E-state index contributed by atoms with van der Waals surface area (Å²) in [5.74, 6) is 0.107. The number of alkyl halides is 1. The number of rotatable bonds is 4. The Hall–Kier alpha value is -1.36. The number of halogens is 1. The second kappa shape index (κ2) is 6.00. The normalized spacial score (nSPS) is 15.1. The Kier molecular flexibility index (Phi) is 4.36. The summed E-state index contributed by atoms with van der Waals surface area (Å²) in [6, 6.07) is 9.52. The molecule has 1 fully saturated rings. The molecule has 1 aromatic rings. The van der Waals surface area contributed by atoms with Gasteiger partial charge in [0, 0.05) is 13.1 Å². The zero-order valence-corrected chi connectivity index (χ0v) is 11.4. The first-order valence-corrected chi connectivity index (χ1v) is 6.87. The maximum atomic E-state index is 11.6. The lowest BCUT2D eigenvalue weighted by Crippen LogP contribution is -2.53. The van der Waals surface area contributed by atoms with Crippen molar-refractivity contribution >= 4 is 27.8 Å². The highest BCUT2D eigenvalue weighted by Crippen LogP contribution is 2.18. The van der Waals surface area contributed by atoms with Crippen molar-refractivity contribution in [3.63, 3.8) is 0 Å². The number of carbonyl (C=O) groups excluding carboxylic acids is 2. The molecule has 4 nitrogen and oxygen atoms in total. The van der Waals surface area contributed by atoms with E-state index >= 15 is 0 Å². The van der Waals surface area contributed by atoms with Gasteiger partial charge in [-0.2, -0.15) is 0 Å². The Labute approximate surface area is 114 Å². The number of Topliss-reactive ketones (excluding diaryl/α,β-unsaturated/α-hetero) is 1. The standard InChI is InChI=1S/C13H14BrNO3/c14-6-12(16)11-7-15(8-11)13(17)18-9-10-4-2-1-3-5-10/h1-5,11H,6-9H2. The number of nitrogens with zero attached hydrogens (tertiary/aromatic N) is 1. The van der Waals surface area contributed by atoms with E-state index in [1.165, 1.54) is 0 Å². The third kappa shape index (κ3) is 3.10. The second-order valence-electron chi connectivity index (χ2n) is 4.24. The average molecular weight is 312 g/mol. The minimum Gasteiger partial charge on any atom is -0.445 e. The zero-order valence-electron chi connectivity index (χ0n) is 9.84. The molecule has 1 amide bonds. The maximum Gasteiger partial charge on any atom is 0.410 e. The summed E-state index contributed by atoms with van der Waals surface area (Å²) in [4.78, 5) is 24.5. The Bertz CT molecular complexity index is 429. The molecule has 1 heterocycles. The van der Waals surface area contributed by atoms with Gasteiger partial charge in [0.25, 0.3) is 0 Å². The highest BCUT2D eigenvalue weighted by Gasteiger charge is 2.35. The molecule has 96 valence electrons.